The molecule has 0 atom stereocenters. The van der Waals surface area contributed by atoms with Crippen molar-refractivity contribution in [3.63, 3.8) is 0 Å². The number of rotatable bonds is 2. The molecule has 74 valence electrons. The molecule has 0 saturated carbocycles. The monoisotopic (exact) mass is 254 g/mol. The molecule has 0 aliphatic rings. The number of halogens is 1. The molecule has 0 unspecified atom stereocenters. The topological polar surface area (TPSA) is 38.0 Å². The van der Waals surface area contributed by atoms with E-state index in [0.717, 1.165) is 28.5 Å². The van der Waals surface area contributed by atoms with E-state index >= 15 is 0 Å². The summed E-state index contributed by atoms with van der Waals surface area (Å²) in [6, 6.07) is 5.28. The van der Waals surface area contributed by atoms with E-state index in [0.29, 0.717) is 0 Å². The minimum atomic E-state index is 0.263. The predicted octanol–water partition coefficient (Wildman–Crippen LogP) is 2.66. The third-order valence-electron chi connectivity index (χ3n) is 2.26. The highest BCUT2D eigenvalue weighted by Crippen LogP contribution is 2.24. The standard InChI is InChI=1S/C10H11BrN2O/c1-2-13-10(6-11)8-4-3-7(14)5-9(8)12-13/h3-5,14H,2,6H2,1H3. The first-order valence-corrected chi connectivity index (χ1v) is 5.62. The Labute approximate surface area is 90.5 Å². The van der Waals surface area contributed by atoms with Crippen molar-refractivity contribution in [3.8, 4) is 5.75 Å². The summed E-state index contributed by atoms with van der Waals surface area (Å²) in [4.78, 5) is 0. The van der Waals surface area contributed by atoms with Gasteiger partial charge >= 0.3 is 0 Å². The van der Waals surface area contributed by atoms with Crippen LogP contribution in [0.4, 0.5) is 0 Å². The van der Waals surface area contributed by atoms with E-state index in [1.54, 1.807) is 12.1 Å². The van der Waals surface area contributed by atoms with E-state index in [-0.39, 0.29) is 5.75 Å². The molecule has 2 aromatic rings. The SMILES string of the molecule is CCn1nc2cc(O)ccc2c1CBr. The summed E-state index contributed by atoms with van der Waals surface area (Å²) in [5, 5.41) is 15.6. The van der Waals surface area contributed by atoms with Gasteiger partial charge in [0.1, 0.15) is 5.75 Å². The summed E-state index contributed by atoms with van der Waals surface area (Å²) in [7, 11) is 0. The number of aromatic nitrogens is 2. The van der Waals surface area contributed by atoms with Crippen LogP contribution in [-0.4, -0.2) is 14.9 Å². The van der Waals surface area contributed by atoms with Gasteiger partial charge in [-0.25, -0.2) is 0 Å². The molecule has 1 aromatic heterocycles. The van der Waals surface area contributed by atoms with Crippen molar-refractivity contribution in [1.82, 2.24) is 9.78 Å². The second-order valence-electron chi connectivity index (χ2n) is 3.10. The van der Waals surface area contributed by atoms with E-state index in [1.165, 1.54) is 0 Å². The van der Waals surface area contributed by atoms with E-state index in [1.807, 2.05) is 10.7 Å². The lowest BCUT2D eigenvalue weighted by Gasteiger charge is -1.99. The molecular weight excluding hydrogens is 244 g/mol. The molecule has 0 amide bonds. The smallest absolute Gasteiger partial charge is 0.117 e. The summed E-state index contributed by atoms with van der Waals surface area (Å²) in [5.74, 6) is 0.263. The number of phenolic OH excluding ortho intramolecular Hbond substituents is 1. The number of aryl methyl sites for hydroxylation is 1. The summed E-state index contributed by atoms with van der Waals surface area (Å²) in [5.41, 5.74) is 2.00. The molecule has 0 saturated heterocycles. The van der Waals surface area contributed by atoms with Crippen LogP contribution < -0.4 is 0 Å². The third-order valence-corrected chi connectivity index (χ3v) is 2.79. The number of nitrogens with zero attached hydrogens (tertiary/aromatic N) is 2. The molecule has 14 heavy (non-hydrogen) atoms. The molecular formula is C10H11BrN2O. The van der Waals surface area contributed by atoms with Gasteiger partial charge in [0.25, 0.3) is 0 Å². The molecule has 1 heterocycles. The van der Waals surface area contributed by atoms with Gasteiger partial charge in [-0.05, 0) is 19.1 Å². The van der Waals surface area contributed by atoms with Gasteiger partial charge in [0.05, 0.1) is 11.2 Å². The second-order valence-corrected chi connectivity index (χ2v) is 3.66. The normalized spacial score (nSPS) is 11.0. The third kappa shape index (κ3) is 1.39. The Morgan fingerprint density at radius 2 is 2.29 bits per heavy atom. The first-order chi connectivity index (χ1) is 6.76. The summed E-state index contributed by atoms with van der Waals surface area (Å²) < 4.78 is 1.94. The van der Waals surface area contributed by atoms with Gasteiger partial charge in [-0.2, -0.15) is 5.10 Å². The Hall–Kier alpha value is -1.03. The fraction of sp³-hybridized carbons (Fsp3) is 0.300. The summed E-state index contributed by atoms with van der Waals surface area (Å²) in [6.07, 6.45) is 0. The number of hydrogen-bond acceptors (Lipinski definition) is 2. The molecule has 2 rings (SSSR count). The molecule has 1 aromatic carbocycles. The molecule has 0 spiro atoms. The second kappa shape index (κ2) is 3.61. The lowest BCUT2D eigenvalue weighted by molar-refractivity contribution is 0.476. The Balaban J connectivity index is 2.73. The van der Waals surface area contributed by atoms with Crippen LogP contribution in [0.5, 0.6) is 5.75 Å². The Bertz CT molecular complexity index is 464. The predicted molar refractivity (Wildman–Crippen MR) is 59.7 cm³/mol. The van der Waals surface area contributed by atoms with Crippen LogP contribution in [0.3, 0.4) is 0 Å². The maximum atomic E-state index is 9.31. The van der Waals surface area contributed by atoms with Crippen LogP contribution in [-0.2, 0) is 11.9 Å². The minimum absolute atomic E-state index is 0.263. The molecule has 0 radical (unpaired) electrons. The quantitative estimate of drug-likeness (QED) is 0.838. The van der Waals surface area contributed by atoms with Crippen molar-refractivity contribution in [2.45, 2.75) is 18.8 Å². The first kappa shape index (κ1) is 9.52. The van der Waals surface area contributed by atoms with Crippen LogP contribution in [0.15, 0.2) is 18.2 Å². The molecule has 4 heteroatoms. The number of fused-ring (bicyclic) bond motifs is 1. The maximum Gasteiger partial charge on any atom is 0.117 e. The molecule has 0 aliphatic carbocycles. The number of alkyl halides is 1. The van der Waals surface area contributed by atoms with Crippen molar-refractivity contribution in [1.29, 1.82) is 0 Å². The number of benzene rings is 1. The summed E-state index contributed by atoms with van der Waals surface area (Å²) in [6.45, 7) is 2.90. The van der Waals surface area contributed by atoms with Gasteiger partial charge in [0, 0.05) is 23.3 Å². The highest BCUT2D eigenvalue weighted by Gasteiger charge is 2.08. The van der Waals surface area contributed by atoms with E-state index in [4.69, 9.17) is 0 Å². The Morgan fingerprint density at radius 3 is 2.93 bits per heavy atom. The maximum absolute atomic E-state index is 9.31. The van der Waals surface area contributed by atoms with Crippen LogP contribution in [0.25, 0.3) is 10.9 Å². The molecule has 1 N–H and O–H groups in total. The van der Waals surface area contributed by atoms with Gasteiger partial charge in [-0.3, -0.25) is 4.68 Å². The lowest BCUT2D eigenvalue weighted by Crippen LogP contribution is -2.00. The Morgan fingerprint density at radius 1 is 1.50 bits per heavy atom. The Kier molecular flexibility index (Phi) is 2.46. The van der Waals surface area contributed by atoms with Gasteiger partial charge in [0.15, 0.2) is 0 Å². The van der Waals surface area contributed by atoms with Crippen molar-refractivity contribution in [2.24, 2.45) is 0 Å². The number of phenols is 1. The number of hydrogen-bond donors (Lipinski definition) is 1. The van der Waals surface area contributed by atoms with E-state index in [2.05, 4.69) is 28.0 Å². The zero-order valence-electron chi connectivity index (χ0n) is 7.87. The van der Waals surface area contributed by atoms with E-state index < -0.39 is 0 Å². The average molecular weight is 255 g/mol. The molecule has 0 bridgehead atoms. The van der Waals surface area contributed by atoms with Crippen molar-refractivity contribution < 1.29 is 5.11 Å². The van der Waals surface area contributed by atoms with E-state index in [9.17, 15) is 5.11 Å². The minimum Gasteiger partial charge on any atom is -0.508 e. The molecule has 0 fully saturated rings. The molecule has 3 nitrogen and oxygen atoms in total. The van der Waals surface area contributed by atoms with Gasteiger partial charge in [0.2, 0.25) is 0 Å². The fourth-order valence-corrected chi connectivity index (χ4v) is 2.17. The van der Waals surface area contributed by atoms with Crippen LogP contribution in [0.2, 0.25) is 0 Å². The van der Waals surface area contributed by atoms with Crippen LogP contribution in [0.1, 0.15) is 12.6 Å². The number of aromatic hydroxyl groups is 1. The van der Waals surface area contributed by atoms with Crippen LogP contribution >= 0.6 is 15.9 Å². The van der Waals surface area contributed by atoms with Crippen LogP contribution in [0, 0.1) is 0 Å². The average Bonchev–Trinajstić information content (AvgIpc) is 2.54. The molecule has 0 aliphatic heterocycles. The lowest BCUT2D eigenvalue weighted by atomic mass is 10.2. The van der Waals surface area contributed by atoms with Gasteiger partial charge < -0.3 is 5.11 Å². The first-order valence-electron chi connectivity index (χ1n) is 4.50. The van der Waals surface area contributed by atoms with Gasteiger partial charge in [-0.1, -0.05) is 15.9 Å². The highest BCUT2D eigenvalue weighted by molar-refractivity contribution is 9.08. The van der Waals surface area contributed by atoms with Crippen molar-refractivity contribution in [2.75, 3.05) is 0 Å². The van der Waals surface area contributed by atoms with Crippen molar-refractivity contribution >= 4 is 26.8 Å². The largest absolute Gasteiger partial charge is 0.508 e. The fourth-order valence-electron chi connectivity index (χ4n) is 1.58. The van der Waals surface area contributed by atoms with Crippen molar-refractivity contribution in [3.05, 3.63) is 23.9 Å². The zero-order valence-corrected chi connectivity index (χ0v) is 9.45. The highest BCUT2D eigenvalue weighted by atomic mass is 79.9. The summed E-state index contributed by atoms with van der Waals surface area (Å²) >= 11 is 3.44. The van der Waals surface area contributed by atoms with Gasteiger partial charge in [-0.15, -0.1) is 0 Å². The zero-order chi connectivity index (χ0) is 10.1.